The van der Waals surface area contributed by atoms with Crippen LogP contribution in [0, 0.1) is 0 Å². The molecule has 1 heterocycles. The first-order valence-corrected chi connectivity index (χ1v) is 7.00. The van der Waals surface area contributed by atoms with Crippen molar-refractivity contribution in [2.24, 2.45) is 17.9 Å². The van der Waals surface area contributed by atoms with E-state index in [0.717, 1.165) is 16.7 Å². The first-order chi connectivity index (χ1) is 9.70. The summed E-state index contributed by atoms with van der Waals surface area (Å²) in [5.41, 5.74) is 6.14. The van der Waals surface area contributed by atoms with Gasteiger partial charge in [0.05, 0.1) is 6.61 Å². The predicted octanol–water partition coefficient (Wildman–Crippen LogP) is 1.69. The van der Waals surface area contributed by atoms with Gasteiger partial charge in [0.1, 0.15) is 5.75 Å². The lowest BCUT2D eigenvalue weighted by Gasteiger charge is -2.06. The number of rotatable bonds is 6. The Morgan fingerprint density at radius 3 is 2.80 bits per heavy atom. The van der Waals surface area contributed by atoms with E-state index in [9.17, 15) is 0 Å². The number of imidazole rings is 1. The number of benzene rings is 1. The molecule has 1 aromatic heterocycles. The fraction of sp³-hybridized carbons (Fsp3) is 0.231. The van der Waals surface area contributed by atoms with Crippen LogP contribution in [-0.2, 0) is 7.05 Å². The average Bonchev–Trinajstić information content (AvgIpc) is 2.89. The molecule has 2 rings (SSSR count). The maximum Gasteiger partial charge on any atom is 0.170 e. The molecule has 2 aromatic rings. The molecule has 7 heteroatoms. The van der Waals surface area contributed by atoms with Gasteiger partial charge >= 0.3 is 0 Å². The minimum Gasteiger partial charge on any atom is -0.493 e. The molecule has 0 aliphatic rings. The second-order valence-corrected chi connectivity index (χ2v) is 5.09. The lowest BCUT2D eigenvalue weighted by Crippen LogP contribution is -2.12. The SMILES string of the molecule is Cn1ccnc1SCCOc1ccc(/C(N)=N/O)cc1. The lowest BCUT2D eigenvalue weighted by molar-refractivity contribution is 0.318. The van der Waals surface area contributed by atoms with Crippen molar-refractivity contribution >= 4 is 17.6 Å². The van der Waals surface area contributed by atoms with Gasteiger partial charge in [0.25, 0.3) is 0 Å². The smallest absolute Gasteiger partial charge is 0.170 e. The summed E-state index contributed by atoms with van der Waals surface area (Å²) in [4.78, 5) is 4.22. The summed E-state index contributed by atoms with van der Waals surface area (Å²) < 4.78 is 7.58. The molecule has 0 aliphatic heterocycles. The molecule has 6 nitrogen and oxygen atoms in total. The van der Waals surface area contributed by atoms with E-state index in [0.29, 0.717) is 12.2 Å². The van der Waals surface area contributed by atoms with Gasteiger partial charge in [-0.1, -0.05) is 16.9 Å². The molecule has 0 radical (unpaired) electrons. The van der Waals surface area contributed by atoms with Gasteiger partial charge in [-0.05, 0) is 24.3 Å². The molecule has 1 aromatic carbocycles. The van der Waals surface area contributed by atoms with Crippen LogP contribution >= 0.6 is 11.8 Å². The number of oxime groups is 1. The fourth-order valence-electron chi connectivity index (χ4n) is 1.56. The monoisotopic (exact) mass is 292 g/mol. The first-order valence-electron chi connectivity index (χ1n) is 6.01. The second-order valence-electron chi connectivity index (χ2n) is 4.03. The summed E-state index contributed by atoms with van der Waals surface area (Å²) >= 11 is 1.64. The van der Waals surface area contributed by atoms with Gasteiger partial charge in [-0.25, -0.2) is 4.98 Å². The second kappa shape index (κ2) is 6.85. The Hall–Kier alpha value is -2.15. The van der Waals surface area contributed by atoms with E-state index in [4.69, 9.17) is 15.7 Å². The van der Waals surface area contributed by atoms with Crippen molar-refractivity contribution in [1.82, 2.24) is 9.55 Å². The molecule has 106 valence electrons. The number of nitrogens with two attached hydrogens (primary N) is 1. The number of thioether (sulfide) groups is 1. The Balaban J connectivity index is 1.78. The Kier molecular flexibility index (Phi) is 4.89. The standard InChI is InChI=1S/C13H16N4O2S/c1-17-7-6-15-13(17)20-9-8-19-11-4-2-10(3-5-11)12(14)16-18/h2-7,18H,8-9H2,1H3,(H2,14,16). The van der Waals surface area contributed by atoms with Gasteiger partial charge < -0.3 is 20.2 Å². The van der Waals surface area contributed by atoms with E-state index < -0.39 is 0 Å². The van der Waals surface area contributed by atoms with Gasteiger partial charge in [0, 0.05) is 30.8 Å². The number of hydrogen-bond acceptors (Lipinski definition) is 5. The Labute approximate surface area is 121 Å². The zero-order valence-corrected chi connectivity index (χ0v) is 11.9. The molecule has 0 amide bonds. The first kappa shape index (κ1) is 14.3. The molecular formula is C13H16N4O2S. The molecule has 0 spiro atoms. The van der Waals surface area contributed by atoms with Crippen LogP contribution in [0.4, 0.5) is 0 Å². The highest BCUT2D eigenvalue weighted by molar-refractivity contribution is 7.99. The van der Waals surface area contributed by atoms with Crippen LogP contribution < -0.4 is 10.5 Å². The highest BCUT2D eigenvalue weighted by Crippen LogP contribution is 2.16. The molecular weight excluding hydrogens is 276 g/mol. The van der Waals surface area contributed by atoms with Crippen LogP contribution in [0.3, 0.4) is 0 Å². The summed E-state index contributed by atoms with van der Waals surface area (Å²) in [6, 6.07) is 7.07. The summed E-state index contributed by atoms with van der Waals surface area (Å²) in [7, 11) is 1.96. The molecule has 0 fully saturated rings. The van der Waals surface area contributed by atoms with Crippen molar-refractivity contribution in [3.05, 3.63) is 42.2 Å². The summed E-state index contributed by atoms with van der Waals surface area (Å²) in [5, 5.41) is 12.5. The van der Waals surface area contributed by atoms with Gasteiger partial charge in [-0.15, -0.1) is 0 Å². The summed E-state index contributed by atoms with van der Waals surface area (Å²) in [5.74, 6) is 1.65. The van der Waals surface area contributed by atoms with Gasteiger partial charge in [0.15, 0.2) is 11.0 Å². The number of aromatic nitrogens is 2. The largest absolute Gasteiger partial charge is 0.493 e. The van der Waals surface area contributed by atoms with E-state index >= 15 is 0 Å². The highest BCUT2D eigenvalue weighted by atomic mass is 32.2. The highest BCUT2D eigenvalue weighted by Gasteiger charge is 2.02. The molecule has 0 saturated heterocycles. The van der Waals surface area contributed by atoms with Crippen molar-refractivity contribution in [2.45, 2.75) is 5.16 Å². The number of hydrogen-bond donors (Lipinski definition) is 2. The van der Waals surface area contributed by atoms with Gasteiger partial charge in [-0.2, -0.15) is 0 Å². The van der Waals surface area contributed by atoms with Crippen LogP contribution in [0.1, 0.15) is 5.56 Å². The summed E-state index contributed by atoms with van der Waals surface area (Å²) in [6.07, 6.45) is 3.68. The number of ether oxygens (including phenoxy) is 1. The maximum absolute atomic E-state index is 8.56. The molecule has 3 N–H and O–H groups in total. The lowest BCUT2D eigenvalue weighted by atomic mass is 10.2. The molecule has 0 atom stereocenters. The van der Waals surface area contributed by atoms with Crippen molar-refractivity contribution in [2.75, 3.05) is 12.4 Å². The van der Waals surface area contributed by atoms with E-state index in [2.05, 4.69) is 10.1 Å². The molecule has 20 heavy (non-hydrogen) atoms. The van der Waals surface area contributed by atoms with E-state index in [1.807, 2.05) is 17.8 Å². The number of nitrogens with zero attached hydrogens (tertiary/aromatic N) is 3. The van der Waals surface area contributed by atoms with E-state index in [1.54, 1.807) is 42.2 Å². The minimum absolute atomic E-state index is 0.0851. The number of aryl methyl sites for hydroxylation is 1. The fourth-order valence-corrected chi connectivity index (χ4v) is 2.31. The quantitative estimate of drug-likeness (QED) is 0.211. The molecule has 0 aliphatic carbocycles. The van der Waals surface area contributed by atoms with Crippen molar-refractivity contribution in [3.8, 4) is 5.75 Å². The van der Waals surface area contributed by atoms with Crippen LogP contribution in [0.2, 0.25) is 0 Å². The zero-order valence-electron chi connectivity index (χ0n) is 11.1. The Morgan fingerprint density at radius 2 is 2.20 bits per heavy atom. The van der Waals surface area contributed by atoms with Crippen LogP contribution in [0.15, 0.2) is 47.0 Å². The van der Waals surface area contributed by atoms with Crippen molar-refractivity contribution < 1.29 is 9.94 Å². The average molecular weight is 292 g/mol. The topological polar surface area (TPSA) is 85.7 Å². The Bertz CT molecular complexity index is 580. The Morgan fingerprint density at radius 1 is 1.45 bits per heavy atom. The maximum atomic E-state index is 8.56. The van der Waals surface area contributed by atoms with Crippen LogP contribution in [-0.4, -0.2) is 33.0 Å². The van der Waals surface area contributed by atoms with Crippen LogP contribution in [0.25, 0.3) is 0 Å². The minimum atomic E-state index is 0.0851. The zero-order chi connectivity index (χ0) is 14.4. The third-order valence-electron chi connectivity index (χ3n) is 2.62. The van der Waals surface area contributed by atoms with Gasteiger partial charge in [-0.3, -0.25) is 0 Å². The summed E-state index contributed by atoms with van der Waals surface area (Å²) in [6.45, 7) is 0.584. The van der Waals surface area contributed by atoms with E-state index in [-0.39, 0.29) is 5.84 Å². The van der Waals surface area contributed by atoms with Crippen LogP contribution in [0.5, 0.6) is 5.75 Å². The molecule has 0 unspecified atom stereocenters. The number of amidine groups is 1. The van der Waals surface area contributed by atoms with Crippen molar-refractivity contribution in [3.63, 3.8) is 0 Å². The predicted molar refractivity (Wildman–Crippen MR) is 78.4 cm³/mol. The third-order valence-corrected chi connectivity index (χ3v) is 3.64. The van der Waals surface area contributed by atoms with Crippen molar-refractivity contribution in [1.29, 1.82) is 0 Å². The third kappa shape index (κ3) is 3.67. The molecule has 0 bridgehead atoms. The van der Waals surface area contributed by atoms with E-state index in [1.165, 1.54) is 0 Å². The normalized spacial score (nSPS) is 11.6. The van der Waals surface area contributed by atoms with Gasteiger partial charge in [0.2, 0.25) is 0 Å². The molecule has 0 saturated carbocycles.